The summed E-state index contributed by atoms with van der Waals surface area (Å²) in [6, 6.07) is 12.1. The molecule has 0 radical (unpaired) electrons. The highest BCUT2D eigenvalue weighted by Crippen LogP contribution is 2.11. The van der Waals surface area contributed by atoms with Crippen molar-refractivity contribution in [2.24, 2.45) is 0 Å². The molecule has 1 aromatic carbocycles. The van der Waals surface area contributed by atoms with Gasteiger partial charge in [0, 0.05) is 12.2 Å². The molecule has 0 atom stereocenters. The summed E-state index contributed by atoms with van der Waals surface area (Å²) >= 11 is 0. The summed E-state index contributed by atoms with van der Waals surface area (Å²) in [5.41, 5.74) is 2.53. The van der Waals surface area contributed by atoms with E-state index in [0.29, 0.717) is 17.9 Å². The van der Waals surface area contributed by atoms with Crippen LogP contribution in [-0.2, 0) is 6.54 Å². The molecule has 5 nitrogen and oxygen atoms in total. The van der Waals surface area contributed by atoms with E-state index in [-0.39, 0.29) is 5.56 Å². The van der Waals surface area contributed by atoms with Crippen LogP contribution in [0, 0.1) is 18.3 Å². The Morgan fingerprint density at radius 2 is 2.05 bits per heavy atom. The van der Waals surface area contributed by atoms with Crippen LogP contribution in [0.3, 0.4) is 0 Å². The van der Waals surface area contributed by atoms with Crippen molar-refractivity contribution in [2.45, 2.75) is 13.5 Å². The summed E-state index contributed by atoms with van der Waals surface area (Å²) in [5.74, 6) is -0.313. The van der Waals surface area contributed by atoms with Gasteiger partial charge in [0.25, 0.3) is 0 Å². The monoisotopic (exact) mass is 267 g/mol. The van der Waals surface area contributed by atoms with Crippen LogP contribution >= 0.6 is 0 Å². The van der Waals surface area contributed by atoms with Gasteiger partial charge in [0.1, 0.15) is 5.82 Å². The minimum absolute atomic E-state index is 0.259. The largest absolute Gasteiger partial charge is 0.478 e. The van der Waals surface area contributed by atoms with Crippen LogP contribution in [0.5, 0.6) is 0 Å². The maximum atomic E-state index is 10.7. The van der Waals surface area contributed by atoms with Gasteiger partial charge in [-0.3, -0.25) is 0 Å². The normalized spacial score (nSPS) is 9.80. The molecule has 0 bridgehead atoms. The van der Waals surface area contributed by atoms with Gasteiger partial charge in [0.15, 0.2) is 0 Å². The summed E-state index contributed by atoms with van der Waals surface area (Å²) in [6.07, 6.45) is 0. The molecule has 0 aliphatic rings. The predicted octanol–water partition coefficient (Wildman–Crippen LogP) is 2.57. The molecule has 2 aromatic rings. The molecule has 2 rings (SSSR count). The highest BCUT2D eigenvalue weighted by molar-refractivity contribution is 5.87. The summed E-state index contributed by atoms with van der Waals surface area (Å²) in [7, 11) is 0. The van der Waals surface area contributed by atoms with Crippen molar-refractivity contribution in [2.75, 3.05) is 5.32 Å². The van der Waals surface area contributed by atoms with E-state index in [0.717, 1.165) is 11.3 Å². The number of anilines is 1. The van der Waals surface area contributed by atoms with Crippen molar-refractivity contribution in [1.29, 1.82) is 5.26 Å². The number of nitrogens with one attached hydrogen (secondary N) is 1. The molecule has 1 aromatic heterocycles. The summed E-state index contributed by atoms with van der Waals surface area (Å²) in [6.45, 7) is 2.34. The average Bonchev–Trinajstić information content (AvgIpc) is 2.45. The third-order valence-corrected chi connectivity index (χ3v) is 2.76. The van der Waals surface area contributed by atoms with E-state index in [2.05, 4.69) is 16.4 Å². The molecule has 100 valence electrons. The molecule has 0 aliphatic carbocycles. The summed E-state index contributed by atoms with van der Waals surface area (Å²) < 4.78 is 0. The summed E-state index contributed by atoms with van der Waals surface area (Å²) in [4.78, 5) is 15.0. The first kappa shape index (κ1) is 13.6. The first-order chi connectivity index (χ1) is 9.58. The van der Waals surface area contributed by atoms with Crippen LogP contribution < -0.4 is 5.32 Å². The van der Waals surface area contributed by atoms with Gasteiger partial charge in [-0.2, -0.15) is 5.26 Å². The van der Waals surface area contributed by atoms with Gasteiger partial charge in [-0.05, 0) is 36.8 Å². The lowest BCUT2D eigenvalue weighted by Crippen LogP contribution is -2.03. The number of nitrogens with zero attached hydrogens (tertiary/aromatic N) is 2. The second kappa shape index (κ2) is 5.85. The molecule has 0 saturated carbocycles. The molecule has 0 aliphatic heterocycles. The molecule has 1 heterocycles. The number of hydrogen-bond acceptors (Lipinski definition) is 4. The van der Waals surface area contributed by atoms with Crippen molar-refractivity contribution >= 4 is 11.8 Å². The number of pyridine rings is 1. The van der Waals surface area contributed by atoms with Crippen molar-refractivity contribution in [3.05, 3.63) is 58.8 Å². The molecule has 20 heavy (non-hydrogen) atoms. The van der Waals surface area contributed by atoms with E-state index in [1.807, 2.05) is 6.92 Å². The number of aromatic carboxylic acids is 1. The molecule has 0 saturated heterocycles. The maximum absolute atomic E-state index is 10.7. The fraction of sp³-hybridized carbons (Fsp3) is 0.133. The van der Waals surface area contributed by atoms with Gasteiger partial charge >= 0.3 is 5.97 Å². The third-order valence-electron chi connectivity index (χ3n) is 2.76. The Labute approximate surface area is 116 Å². The Morgan fingerprint density at radius 3 is 2.65 bits per heavy atom. The molecule has 0 spiro atoms. The van der Waals surface area contributed by atoms with E-state index in [4.69, 9.17) is 10.4 Å². The molecular weight excluding hydrogens is 254 g/mol. The lowest BCUT2D eigenvalue weighted by atomic mass is 10.1. The van der Waals surface area contributed by atoms with E-state index < -0.39 is 5.97 Å². The van der Waals surface area contributed by atoms with Crippen molar-refractivity contribution in [3.63, 3.8) is 0 Å². The predicted molar refractivity (Wildman–Crippen MR) is 74.4 cm³/mol. The maximum Gasteiger partial charge on any atom is 0.335 e. The average molecular weight is 267 g/mol. The van der Waals surface area contributed by atoms with Gasteiger partial charge in [-0.25, -0.2) is 9.78 Å². The van der Waals surface area contributed by atoms with Crippen LogP contribution in [0.15, 0.2) is 36.4 Å². The Balaban J connectivity index is 2.07. The smallest absolute Gasteiger partial charge is 0.335 e. The number of aromatic nitrogens is 1. The first-order valence-corrected chi connectivity index (χ1v) is 6.03. The Bertz CT molecular complexity index is 673. The molecule has 0 unspecified atom stereocenters. The van der Waals surface area contributed by atoms with Crippen molar-refractivity contribution in [3.8, 4) is 6.07 Å². The summed E-state index contributed by atoms with van der Waals surface area (Å²) in [5, 5.41) is 20.8. The van der Waals surface area contributed by atoms with E-state index in [9.17, 15) is 4.79 Å². The highest BCUT2D eigenvalue weighted by atomic mass is 16.4. The van der Waals surface area contributed by atoms with E-state index in [1.165, 1.54) is 0 Å². The SMILES string of the molecule is Cc1cc(C#N)cc(NCc2ccc(C(=O)O)cc2)n1. The van der Waals surface area contributed by atoms with Crippen LogP contribution in [0.2, 0.25) is 0 Å². The Morgan fingerprint density at radius 1 is 1.35 bits per heavy atom. The quantitative estimate of drug-likeness (QED) is 0.889. The minimum atomic E-state index is -0.941. The number of aryl methyl sites for hydroxylation is 1. The standard InChI is InChI=1S/C15H13N3O2/c1-10-6-12(8-16)7-14(18-10)17-9-11-2-4-13(5-3-11)15(19)20/h2-7H,9H2,1H3,(H,17,18)(H,19,20). The second-order valence-electron chi connectivity index (χ2n) is 4.35. The van der Waals surface area contributed by atoms with Gasteiger partial charge in [0.05, 0.1) is 17.2 Å². The van der Waals surface area contributed by atoms with Crippen LogP contribution in [0.4, 0.5) is 5.82 Å². The first-order valence-electron chi connectivity index (χ1n) is 6.03. The zero-order valence-corrected chi connectivity index (χ0v) is 10.9. The third kappa shape index (κ3) is 3.33. The van der Waals surface area contributed by atoms with E-state index in [1.54, 1.807) is 36.4 Å². The highest BCUT2D eigenvalue weighted by Gasteiger charge is 2.03. The number of rotatable bonds is 4. The van der Waals surface area contributed by atoms with Gasteiger partial charge in [0.2, 0.25) is 0 Å². The molecule has 2 N–H and O–H groups in total. The fourth-order valence-corrected chi connectivity index (χ4v) is 1.78. The Hall–Kier alpha value is -2.87. The molecular formula is C15H13N3O2. The lowest BCUT2D eigenvalue weighted by Gasteiger charge is -2.07. The van der Waals surface area contributed by atoms with E-state index >= 15 is 0 Å². The van der Waals surface area contributed by atoms with Crippen molar-refractivity contribution < 1.29 is 9.90 Å². The minimum Gasteiger partial charge on any atom is -0.478 e. The second-order valence-corrected chi connectivity index (χ2v) is 4.35. The topological polar surface area (TPSA) is 86.0 Å². The lowest BCUT2D eigenvalue weighted by molar-refractivity contribution is 0.0697. The van der Waals surface area contributed by atoms with Gasteiger partial charge < -0.3 is 10.4 Å². The van der Waals surface area contributed by atoms with Crippen molar-refractivity contribution in [1.82, 2.24) is 4.98 Å². The Kier molecular flexibility index (Phi) is 3.96. The number of nitriles is 1. The van der Waals surface area contributed by atoms with Gasteiger partial charge in [-0.1, -0.05) is 12.1 Å². The zero-order valence-electron chi connectivity index (χ0n) is 10.9. The fourth-order valence-electron chi connectivity index (χ4n) is 1.78. The van der Waals surface area contributed by atoms with Crippen LogP contribution in [0.1, 0.15) is 27.2 Å². The molecule has 5 heteroatoms. The van der Waals surface area contributed by atoms with Gasteiger partial charge in [-0.15, -0.1) is 0 Å². The number of hydrogen-bond donors (Lipinski definition) is 2. The van der Waals surface area contributed by atoms with Crippen LogP contribution in [0.25, 0.3) is 0 Å². The zero-order chi connectivity index (χ0) is 14.5. The molecule has 0 amide bonds. The number of benzene rings is 1. The number of carboxylic acids is 1. The number of carbonyl (C=O) groups is 1. The van der Waals surface area contributed by atoms with Crippen LogP contribution in [-0.4, -0.2) is 16.1 Å². The number of carboxylic acid groups (broad SMARTS) is 1. The molecule has 0 fully saturated rings.